The second-order valence-corrected chi connectivity index (χ2v) is 6.15. The maximum absolute atomic E-state index is 12.0. The van der Waals surface area contributed by atoms with E-state index < -0.39 is 0 Å². The molecule has 3 rings (SSSR count). The number of benzene rings is 1. The number of nitrogens with zero attached hydrogens (tertiary/aromatic N) is 2. The molecule has 0 aliphatic carbocycles. The minimum atomic E-state index is -0.0761. The van der Waals surface area contributed by atoms with Gasteiger partial charge in [0, 0.05) is 31.0 Å². The number of amides is 1. The average molecular weight is 325 g/mol. The molecule has 1 aliphatic rings. The van der Waals surface area contributed by atoms with E-state index in [1.165, 1.54) is 11.3 Å². The summed E-state index contributed by atoms with van der Waals surface area (Å²) in [7, 11) is 0. The summed E-state index contributed by atoms with van der Waals surface area (Å²) in [6.07, 6.45) is 5.18. The summed E-state index contributed by atoms with van der Waals surface area (Å²) in [6, 6.07) is 12.4. The van der Waals surface area contributed by atoms with Gasteiger partial charge in [-0.2, -0.15) is 0 Å². The van der Waals surface area contributed by atoms with Gasteiger partial charge in [-0.25, -0.2) is 0 Å². The number of hydrogen-bond donors (Lipinski definition) is 1. The Morgan fingerprint density at radius 1 is 1.29 bits per heavy atom. The van der Waals surface area contributed by atoms with Crippen LogP contribution in [0.5, 0.6) is 5.75 Å². The first-order valence-corrected chi connectivity index (χ1v) is 8.34. The van der Waals surface area contributed by atoms with Crippen molar-refractivity contribution in [2.24, 2.45) is 0 Å². The van der Waals surface area contributed by atoms with E-state index in [2.05, 4.69) is 46.4 Å². The number of carbonyl (C=O) groups excluding carboxylic acids is 1. The molecular weight excluding hydrogens is 302 g/mol. The molecular formula is C19H23N3O2. The van der Waals surface area contributed by atoms with Gasteiger partial charge in [-0.3, -0.25) is 9.78 Å². The van der Waals surface area contributed by atoms with Crippen LogP contribution in [0.3, 0.4) is 0 Å². The zero-order valence-corrected chi connectivity index (χ0v) is 13.9. The molecule has 0 radical (unpaired) electrons. The molecule has 1 aliphatic heterocycles. The van der Waals surface area contributed by atoms with Crippen LogP contribution in [-0.4, -0.2) is 36.6 Å². The first-order chi connectivity index (χ1) is 11.7. The van der Waals surface area contributed by atoms with E-state index >= 15 is 0 Å². The lowest BCUT2D eigenvalue weighted by atomic mass is 10.0. The minimum Gasteiger partial charge on any atom is -0.482 e. The molecule has 1 amide bonds. The molecule has 0 unspecified atom stereocenters. The summed E-state index contributed by atoms with van der Waals surface area (Å²) < 4.78 is 5.43. The topological polar surface area (TPSA) is 54.5 Å². The van der Waals surface area contributed by atoms with Crippen molar-refractivity contribution in [1.29, 1.82) is 0 Å². The zero-order valence-electron chi connectivity index (χ0n) is 13.9. The number of carbonyl (C=O) groups is 1. The van der Waals surface area contributed by atoms with E-state index in [1.54, 1.807) is 24.5 Å². The van der Waals surface area contributed by atoms with Crippen LogP contribution in [0, 0.1) is 6.92 Å². The van der Waals surface area contributed by atoms with Crippen molar-refractivity contribution in [3.05, 3.63) is 54.4 Å². The number of pyridine rings is 1. The van der Waals surface area contributed by atoms with E-state index in [0.717, 1.165) is 25.9 Å². The van der Waals surface area contributed by atoms with Crippen LogP contribution >= 0.6 is 0 Å². The first-order valence-electron chi connectivity index (χ1n) is 8.34. The monoisotopic (exact) mass is 325 g/mol. The molecule has 1 aromatic carbocycles. The van der Waals surface area contributed by atoms with Gasteiger partial charge in [-0.15, -0.1) is 0 Å². The fourth-order valence-electron chi connectivity index (χ4n) is 2.96. The quantitative estimate of drug-likeness (QED) is 0.918. The number of piperidine rings is 1. The highest BCUT2D eigenvalue weighted by molar-refractivity contribution is 5.77. The second kappa shape index (κ2) is 7.81. The molecule has 5 nitrogen and oxygen atoms in total. The fraction of sp³-hybridized carbons (Fsp3) is 0.368. The van der Waals surface area contributed by atoms with Crippen LogP contribution in [0.2, 0.25) is 0 Å². The molecule has 2 aromatic rings. The van der Waals surface area contributed by atoms with Crippen LogP contribution in [0.4, 0.5) is 5.69 Å². The van der Waals surface area contributed by atoms with Gasteiger partial charge >= 0.3 is 0 Å². The number of nitrogens with one attached hydrogen (secondary N) is 1. The van der Waals surface area contributed by atoms with E-state index in [-0.39, 0.29) is 18.6 Å². The van der Waals surface area contributed by atoms with Crippen molar-refractivity contribution in [2.45, 2.75) is 25.8 Å². The Hall–Kier alpha value is -2.56. The van der Waals surface area contributed by atoms with Crippen molar-refractivity contribution in [1.82, 2.24) is 10.3 Å². The van der Waals surface area contributed by atoms with E-state index in [9.17, 15) is 4.79 Å². The van der Waals surface area contributed by atoms with E-state index in [0.29, 0.717) is 5.75 Å². The fourth-order valence-corrected chi connectivity index (χ4v) is 2.96. The van der Waals surface area contributed by atoms with Crippen LogP contribution in [0.15, 0.2) is 48.8 Å². The zero-order chi connectivity index (χ0) is 16.8. The third kappa shape index (κ3) is 4.47. The lowest BCUT2D eigenvalue weighted by Crippen LogP contribution is -2.46. The number of aryl methyl sites for hydroxylation is 1. The molecule has 0 spiro atoms. The SMILES string of the molecule is Cc1cccc(N2CCC(NC(=O)COc3cccnc3)CC2)c1. The van der Waals surface area contributed by atoms with Crippen LogP contribution in [0.1, 0.15) is 18.4 Å². The number of anilines is 1. The largest absolute Gasteiger partial charge is 0.482 e. The number of hydrogen-bond acceptors (Lipinski definition) is 4. The van der Waals surface area contributed by atoms with Gasteiger partial charge in [0.1, 0.15) is 5.75 Å². The highest BCUT2D eigenvalue weighted by Gasteiger charge is 2.21. The van der Waals surface area contributed by atoms with Gasteiger partial charge in [0.05, 0.1) is 6.20 Å². The van der Waals surface area contributed by atoms with Gasteiger partial charge in [0.25, 0.3) is 5.91 Å². The Kier molecular flexibility index (Phi) is 5.31. The lowest BCUT2D eigenvalue weighted by molar-refractivity contribution is -0.123. The summed E-state index contributed by atoms with van der Waals surface area (Å²) in [5, 5.41) is 3.06. The number of aromatic nitrogens is 1. The third-order valence-corrected chi connectivity index (χ3v) is 4.23. The molecule has 5 heteroatoms. The molecule has 0 atom stereocenters. The molecule has 0 saturated carbocycles. The summed E-state index contributed by atoms with van der Waals surface area (Å²) in [5.74, 6) is 0.537. The van der Waals surface area contributed by atoms with Crippen LogP contribution < -0.4 is 15.0 Å². The van der Waals surface area contributed by atoms with Gasteiger partial charge in [0.2, 0.25) is 0 Å². The Balaban J connectivity index is 1.42. The highest BCUT2D eigenvalue weighted by Crippen LogP contribution is 2.21. The van der Waals surface area contributed by atoms with Crippen LogP contribution in [0.25, 0.3) is 0 Å². The molecule has 0 bridgehead atoms. The first kappa shape index (κ1) is 16.3. The molecule has 24 heavy (non-hydrogen) atoms. The predicted octanol–water partition coefficient (Wildman–Crippen LogP) is 2.55. The van der Waals surface area contributed by atoms with E-state index in [1.807, 2.05) is 0 Å². The Bertz CT molecular complexity index is 667. The molecule has 2 heterocycles. The molecule has 1 aromatic heterocycles. The van der Waals surface area contributed by atoms with Crippen molar-refractivity contribution >= 4 is 11.6 Å². The number of rotatable bonds is 5. The second-order valence-electron chi connectivity index (χ2n) is 6.15. The third-order valence-electron chi connectivity index (χ3n) is 4.23. The van der Waals surface area contributed by atoms with Crippen molar-refractivity contribution in [2.75, 3.05) is 24.6 Å². The summed E-state index contributed by atoms with van der Waals surface area (Å²) >= 11 is 0. The van der Waals surface area contributed by atoms with E-state index in [4.69, 9.17) is 4.74 Å². The average Bonchev–Trinajstić information content (AvgIpc) is 2.61. The molecule has 1 saturated heterocycles. The van der Waals surface area contributed by atoms with Gasteiger partial charge in [0.15, 0.2) is 6.61 Å². The lowest BCUT2D eigenvalue weighted by Gasteiger charge is -2.34. The summed E-state index contributed by atoms with van der Waals surface area (Å²) in [4.78, 5) is 18.3. The number of ether oxygens (including phenoxy) is 1. The van der Waals surface area contributed by atoms with Gasteiger partial charge in [-0.05, 0) is 49.6 Å². The molecule has 1 N–H and O–H groups in total. The highest BCUT2D eigenvalue weighted by atomic mass is 16.5. The molecule has 126 valence electrons. The smallest absolute Gasteiger partial charge is 0.258 e. The molecule has 1 fully saturated rings. The van der Waals surface area contributed by atoms with Crippen LogP contribution in [-0.2, 0) is 4.79 Å². The Labute approximate surface area is 142 Å². The van der Waals surface area contributed by atoms with Crippen molar-refractivity contribution < 1.29 is 9.53 Å². The standard InChI is InChI=1S/C19H23N3O2/c1-15-4-2-5-17(12-15)22-10-7-16(8-11-22)21-19(23)14-24-18-6-3-9-20-13-18/h2-6,9,12-13,16H,7-8,10-11,14H2,1H3,(H,21,23). The normalized spacial score (nSPS) is 15.1. The summed E-state index contributed by atoms with van der Waals surface area (Å²) in [6.45, 7) is 4.05. The maximum Gasteiger partial charge on any atom is 0.258 e. The van der Waals surface area contributed by atoms with Gasteiger partial charge in [-0.1, -0.05) is 12.1 Å². The summed E-state index contributed by atoms with van der Waals surface area (Å²) in [5.41, 5.74) is 2.54. The Morgan fingerprint density at radius 2 is 2.12 bits per heavy atom. The van der Waals surface area contributed by atoms with Crippen molar-refractivity contribution in [3.8, 4) is 5.75 Å². The predicted molar refractivity (Wildman–Crippen MR) is 94.3 cm³/mol. The van der Waals surface area contributed by atoms with Crippen molar-refractivity contribution in [3.63, 3.8) is 0 Å². The Morgan fingerprint density at radius 3 is 2.83 bits per heavy atom. The minimum absolute atomic E-state index is 0.0315. The maximum atomic E-state index is 12.0. The van der Waals surface area contributed by atoms with Gasteiger partial charge < -0.3 is 15.0 Å².